The lowest BCUT2D eigenvalue weighted by Gasteiger charge is -2.30. The van der Waals surface area contributed by atoms with Crippen molar-refractivity contribution in [3.63, 3.8) is 0 Å². The zero-order valence-electron chi connectivity index (χ0n) is 10.1. The van der Waals surface area contributed by atoms with Gasteiger partial charge < -0.3 is 5.32 Å². The first-order chi connectivity index (χ1) is 7.72. The van der Waals surface area contributed by atoms with Gasteiger partial charge in [-0.3, -0.25) is 0 Å². The normalized spacial score (nSPS) is 24.2. The minimum Gasteiger partial charge on any atom is -0.310 e. The summed E-state index contributed by atoms with van der Waals surface area (Å²) in [5.41, 5.74) is 3.03. The molecule has 1 aromatic rings. The van der Waals surface area contributed by atoms with E-state index in [1.165, 1.54) is 34.9 Å². The highest BCUT2D eigenvalue weighted by molar-refractivity contribution is 9.10. The van der Waals surface area contributed by atoms with E-state index in [4.69, 9.17) is 0 Å². The molecule has 0 saturated carbocycles. The lowest BCUT2D eigenvalue weighted by Crippen LogP contribution is -2.26. The summed E-state index contributed by atoms with van der Waals surface area (Å²) in [4.78, 5) is 0. The van der Waals surface area contributed by atoms with E-state index in [0.29, 0.717) is 12.0 Å². The fourth-order valence-corrected chi connectivity index (χ4v) is 2.93. The minimum absolute atomic E-state index is 0.559. The molecule has 0 fully saturated rings. The molecule has 88 valence electrons. The predicted octanol–water partition coefficient (Wildman–Crippen LogP) is 4.39. The Balaban J connectivity index is 2.27. The number of benzene rings is 1. The van der Waals surface area contributed by atoms with Crippen molar-refractivity contribution in [3.8, 4) is 0 Å². The zero-order valence-corrected chi connectivity index (χ0v) is 11.7. The number of halogens is 1. The summed E-state index contributed by atoms with van der Waals surface area (Å²) in [5.74, 6) is 0.711. The molecule has 16 heavy (non-hydrogen) atoms. The monoisotopic (exact) mass is 281 g/mol. The Labute approximate surface area is 107 Å². The average molecular weight is 282 g/mol. The van der Waals surface area contributed by atoms with Crippen LogP contribution in [-0.2, 0) is 0 Å². The van der Waals surface area contributed by atoms with E-state index >= 15 is 0 Å². The third kappa shape index (κ3) is 2.49. The third-order valence-corrected chi connectivity index (χ3v) is 3.98. The van der Waals surface area contributed by atoms with Crippen LogP contribution in [0.15, 0.2) is 22.7 Å². The molecule has 2 rings (SSSR count). The van der Waals surface area contributed by atoms with Crippen molar-refractivity contribution in [1.29, 1.82) is 0 Å². The van der Waals surface area contributed by atoms with Gasteiger partial charge in [-0.2, -0.15) is 0 Å². The van der Waals surface area contributed by atoms with E-state index in [1.54, 1.807) is 0 Å². The quantitative estimate of drug-likeness (QED) is 0.867. The molecule has 2 heteroatoms. The Hall–Kier alpha value is -0.340. The van der Waals surface area contributed by atoms with Crippen molar-refractivity contribution < 1.29 is 0 Å². The van der Waals surface area contributed by atoms with Gasteiger partial charge in [0.05, 0.1) is 0 Å². The van der Waals surface area contributed by atoms with E-state index in [-0.39, 0.29) is 0 Å². The van der Waals surface area contributed by atoms with Gasteiger partial charge in [-0.25, -0.2) is 0 Å². The van der Waals surface area contributed by atoms with Crippen LogP contribution in [0.25, 0.3) is 0 Å². The molecular weight excluding hydrogens is 262 g/mol. The van der Waals surface area contributed by atoms with Crippen LogP contribution in [0, 0.1) is 0 Å². The molecule has 0 aliphatic heterocycles. The van der Waals surface area contributed by atoms with Crippen molar-refractivity contribution in [2.24, 2.45) is 0 Å². The van der Waals surface area contributed by atoms with Crippen LogP contribution in [0.3, 0.4) is 0 Å². The van der Waals surface area contributed by atoms with Gasteiger partial charge in [0.1, 0.15) is 0 Å². The van der Waals surface area contributed by atoms with Crippen LogP contribution < -0.4 is 5.32 Å². The lowest BCUT2D eigenvalue weighted by atomic mass is 9.81. The van der Waals surface area contributed by atoms with Crippen molar-refractivity contribution in [1.82, 2.24) is 5.32 Å². The number of nitrogens with one attached hydrogen (secondary N) is 1. The summed E-state index contributed by atoms with van der Waals surface area (Å²) >= 11 is 3.58. The minimum atomic E-state index is 0.559. The van der Waals surface area contributed by atoms with Gasteiger partial charge in [-0.15, -0.1) is 0 Å². The Kier molecular flexibility index (Phi) is 4.04. The Morgan fingerprint density at radius 1 is 1.31 bits per heavy atom. The first-order valence-electron chi connectivity index (χ1n) is 6.25. The molecule has 0 amide bonds. The molecule has 1 N–H and O–H groups in total. The van der Waals surface area contributed by atoms with Crippen LogP contribution in [0.1, 0.15) is 56.2 Å². The van der Waals surface area contributed by atoms with E-state index in [0.717, 1.165) is 6.54 Å². The van der Waals surface area contributed by atoms with Crippen LogP contribution in [0.5, 0.6) is 0 Å². The molecule has 2 atom stereocenters. The Morgan fingerprint density at radius 2 is 2.12 bits per heavy atom. The average Bonchev–Trinajstić information content (AvgIpc) is 2.28. The van der Waals surface area contributed by atoms with Crippen molar-refractivity contribution in [2.75, 3.05) is 6.54 Å². The third-order valence-electron chi connectivity index (χ3n) is 3.48. The molecule has 2 unspecified atom stereocenters. The largest absolute Gasteiger partial charge is 0.310 e. The van der Waals surface area contributed by atoms with Crippen molar-refractivity contribution in [3.05, 3.63) is 33.8 Å². The standard InChI is InChI=1S/C14H20BrN/c1-3-8-16-14-7-4-10(2)12-6-5-11(15)9-13(12)14/h5-6,9-10,14,16H,3-4,7-8H2,1-2H3. The van der Waals surface area contributed by atoms with E-state index < -0.39 is 0 Å². The van der Waals surface area contributed by atoms with Gasteiger partial charge in [0, 0.05) is 10.5 Å². The summed E-state index contributed by atoms with van der Waals surface area (Å²) in [5, 5.41) is 3.65. The van der Waals surface area contributed by atoms with E-state index in [1.807, 2.05) is 0 Å². The van der Waals surface area contributed by atoms with Crippen LogP contribution in [0.4, 0.5) is 0 Å². The maximum absolute atomic E-state index is 3.65. The number of fused-ring (bicyclic) bond motifs is 1. The predicted molar refractivity (Wildman–Crippen MR) is 72.8 cm³/mol. The van der Waals surface area contributed by atoms with Gasteiger partial charge in [0.25, 0.3) is 0 Å². The summed E-state index contributed by atoms with van der Waals surface area (Å²) in [6.45, 7) is 5.67. The Morgan fingerprint density at radius 3 is 2.88 bits per heavy atom. The highest BCUT2D eigenvalue weighted by atomic mass is 79.9. The maximum Gasteiger partial charge on any atom is 0.0323 e. The van der Waals surface area contributed by atoms with Gasteiger partial charge in [-0.05, 0) is 55.0 Å². The summed E-state index contributed by atoms with van der Waals surface area (Å²) in [6, 6.07) is 7.29. The first kappa shape index (κ1) is 12.1. The van der Waals surface area contributed by atoms with Crippen LogP contribution in [0.2, 0.25) is 0 Å². The first-order valence-corrected chi connectivity index (χ1v) is 7.04. The molecule has 0 aromatic heterocycles. The van der Waals surface area contributed by atoms with Crippen molar-refractivity contribution in [2.45, 2.75) is 45.1 Å². The second-order valence-corrected chi connectivity index (χ2v) is 5.67. The number of hydrogen-bond acceptors (Lipinski definition) is 1. The van der Waals surface area contributed by atoms with Gasteiger partial charge in [0.15, 0.2) is 0 Å². The highest BCUT2D eigenvalue weighted by Gasteiger charge is 2.24. The summed E-state index contributed by atoms with van der Waals surface area (Å²) in [6.07, 6.45) is 3.77. The van der Waals surface area contributed by atoms with Gasteiger partial charge in [-0.1, -0.05) is 35.8 Å². The number of hydrogen-bond donors (Lipinski definition) is 1. The molecule has 0 bridgehead atoms. The Bertz CT molecular complexity index is 362. The molecule has 0 heterocycles. The van der Waals surface area contributed by atoms with E-state index in [9.17, 15) is 0 Å². The molecule has 0 spiro atoms. The maximum atomic E-state index is 3.65. The lowest BCUT2D eigenvalue weighted by molar-refractivity contribution is 0.432. The smallest absolute Gasteiger partial charge is 0.0323 e. The van der Waals surface area contributed by atoms with Gasteiger partial charge in [0.2, 0.25) is 0 Å². The molecule has 1 aliphatic rings. The summed E-state index contributed by atoms with van der Waals surface area (Å²) < 4.78 is 1.20. The molecule has 1 aromatic carbocycles. The molecule has 1 nitrogen and oxygen atoms in total. The second-order valence-electron chi connectivity index (χ2n) is 4.76. The zero-order chi connectivity index (χ0) is 11.5. The molecule has 0 saturated heterocycles. The molecule has 0 radical (unpaired) electrons. The number of rotatable bonds is 3. The topological polar surface area (TPSA) is 12.0 Å². The highest BCUT2D eigenvalue weighted by Crippen LogP contribution is 2.38. The summed E-state index contributed by atoms with van der Waals surface area (Å²) in [7, 11) is 0. The van der Waals surface area contributed by atoms with Crippen LogP contribution >= 0.6 is 15.9 Å². The van der Waals surface area contributed by atoms with Crippen molar-refractivity contribution >= 4 is 15.9 Å². The van der Waals surface area contributed by atoms with Gasteiger partial charge >= 0.3 is 0 Å². The second kappa shape index (κ2) is 5.33. The fraction of sp³-hybridized carbons (Fsp3) is 0.571. The van der Waals surface area contributed by atoms with Crippen LogP contribution in [-0.4, -0.2) is 6.54 Å². The van der Waals surface area contributed by atoms with E-state index in [2.05, 4.69) is 53.3 Å². The molecule has 1 aliphatic carbocycles. The fourth-order valence-electron chi connectivity index (χ4n) is 2.55. The molecular formula is C14H20BrN. The SMILES string of the molecule is CCCNC1CCC(C)c2ccc(Br)cc21.